The van der Waals surface area contributed by atoms with E-state index in [1.54, 1.807) is 0 Å². The Morgan fingerprint density at radius 1 is 0.456 bits per heavy atom. The topological polar surface area (TPSA) is 35.1 Å². The van der Waals surface area contributed by atoms with Crippen LogP contribution in [0, 0.1) is 0 Å². The molecule has 0 aliphatic heterocycles. The average Bonchev–Trinajstić information content (AvgIpc) is 3.81. The van der Waals surface area contributed by atoms with Gasteiger partial charge >= 0.3 is 0 Å². The number of hydrogen-bond acceptors (Lipinski definition) is 2. The van der Waals surface area contributed by atoms with Crippen LogP contribution in [0.2, 0.25) is 0 Å². The van der Waals surface area contributed by atoms with Crippen LogP contribution in [0.1, 0.15) is 25.0 Å². The van der Waals surface area contributed by atoms with E-state index in [1.165, 1.54) is 81.9 Å². The van der Waals surface area contributed by atoms with Gasteiger partial charge in [-0.25, -0.2) is 9.97 Å². The molecular weight excluding hydrogens is 693 g/mol. The Labute approximate surface area is 326 Å². The molecule has 57 heavy (non-hydrogen) atoms. The minimum absolute atomic E-state index is 0.0916. The van der Waals surface area contributed by atoms with Crippen LogP contribution >= 0.6 is 0 Å². The zero-order valence-electron chi connectivity index (χ0n) is 31.3. The van der Waals surface area contributed by atoms with Gasteiger partial charge in [-0.3, -0.25) is 4.57 Å². The van der Waals surface area contributed by atoms with Crippen molar-refractivity contribution in [3.05, 3.63) is 169 Å². The van der Waals surface area contributed by atoms with Crippen LogP contribution in [-0.2, 0) is 5.41 Å². The third-order valence-corrected chi connectivity index (χ3v) is 13.4. The van der Waals surface area contributed by atoms with Gasteiger partial charge in [-0.2, -0.15) is 0 Å². The van der Waals surface area contributed by atoms with E-state index in [4.69, 9.17) is 9.97 Å². The second-order valence-electron chi connectivity index (χ2n) is 16.5. The molecule has 0 amide bonds. The monoisotopic (exact) mass is 724 g/mol. The highest BCUT2D eigenvalue weighted by atomic mass is 15.1. The molecule has 0 unspecified atom stereocenters. The molecule has 0 saturated carbocycles. The number of rotatable bonds is 2. The maximum absolute atomic E-state index is 5.69. The Balaban J connectivity index is 1.19. The van der Waals surface area contributed by atoms with Gasteiger partial charge in [-0.15, -0.1) is 0 Å². The molecule has 9 aromatic carbocycles. The standard InChI is InChI=1S/C53H32N4/c1-53(2)38-15-7-5-13-34(38)37-28-32(20-24-39(37)53)49-52(54-40-25-21-29-10-3-4-12-33(29)50(40)55-49)57-43-26-22-31-19-18-30-11-9-17-42-45(30)46(31)47(43)48-44(57)27-23-36-35-14-6-8-16-41(35)56(42)51(36)48/h3-28H,1-2H3. The SMILES string of the molecule is CC1(C)c2ccccc2-c2cc(-c3nc4c(ccc5ccccc54)nc3-n3c4ccc5ccc6cccc7c6c5c4c4c3ccc3c5ccccc5n7c34)ccc21. The summed E-state index contributed by atoms with van der Waals surface area (Å²) in [6, 6.07) is 58.2. The first-order valence-electron chi connectivity index (χ1n) is 19.8. The number of fused-ring (bicyclic) bond motifs is 10. The molecule has 13 aromatic rings. The fourth-order valence-electron chi connectivity index (χ4n) is 10.9. The normalized spacial score (nSPS) is 13.9. The van der Waals surface area contributed by atoms with E-state index >= 15 is 0 Å². The number of aromatic nitrogens is 4. The lowest BCUT2D eigenvalue weighted by Crippen LogP contribution is -2.14. The fraction of sp³-hybridized carbons (Fsp3) is 0.0566. The molecule has 4 heteroatoms. The van der Waals surface area contributed by atoms with Crippen molar-refractivity contribution in [1.29, 1.82) is 0 Å². The van der Waals surface area contributed by atoms with Gasteiger partial charge in [-0.05, 0) is 74.8 Å². The van der Waals surface area contributed by atoms with Crippen LogP contribution in [-0.4, -0.2) is 18.9 Å². The molecule has 4 heterocycles. The third-order valence-electron chi connectivity index (χ3n) is 13.4. The van der Waals surface area contributed by atoms with Crippen molar-refractivity contribution in [3.8, 4) is 28.2 Å². The number of hydrogen-bond donors (Lipinski definition) is 0. The maximum Gasteiger partial charge on any atom is 0.165 e. The largest absolute Gasteiger partial charge is 0.308 e. The molecule has 0 bridgehead atoms. The van der Waals surface area contributed by atoms with Crippen molar-refractivity contribution in [2.24, 2.45) is 0 Å². The second-order valence-corrected chi connectivity index (χ2v) is 16.5. The zero-order chi connectivity index (χ0) is 37.3. The van der Waals surface area contributed by atoms with E-state index in [9.17, 15) is 0 Å². The van der Waals surface area contributed by atoms with E-state index < -0.39 is 0 Å². The first kappa shape index (κ1) is 30.0. The summed E-state index contributed by atoms with van der Waals surface area (Å²) < 4.78 is 4.94. The van der Waals surface area contributed by atoms with E-state index in [-0.39, 0.29) is 5.41 Å². The lowest BCUT2D eigenvalue weighted by atomic mass is 9.82. The molecule has 0 fully saturated rings. The highest BCUT2D eigenvalue weighted by Gasteiger charge is 2.36. The van der Waals surface area contributed by atoms with Crippen LogP contribution < -0.4 is 0 Å². The Hall–Kier alpha value is -7.30. The summed E-state index contributed by atoms with van der Waals surface area (Å²) in [7, 11) is 0. The summed E-state index contributed by atoms with van der Waals surface area (Å²) >= 11 is 0. The molecule has 4 aromatic heterocycles. The predicted octanol–water partition coefficient (Wildman–Crippen LogP) is 13.6. The van der Waals surface area contributed by atoms with Gasteiger partial charge in [0, 0.05) is 48.7 Å². The molecule has 14 rings (SSSR count). The predicted molar refractivity (Wildman–Crippen MR) is 238 cm³/mol. The van der Waals surface area contributed by atoms with Crippen LogP contribution in [0.3, 0.4) is 0 Å². The molecule has 0 atom stereocenters. The van der Waals surface area contributed by atoms with Crippen LogP contribution in [0.25, 0.3) is 121 Å². The Morgan fingerprint density at radius 2 is 1.16 bits per heavy atom. The maximum atomic E-state index is 5.69. The van der Waals surface area contributed by atoms with Gasteiger partial charge in [0.1, 0.15) is 5.69 Å². The highest BCUT2D eigenvalue weighted by Crippen LogP contribution is 2.51. The van der Waals surface area contributed by atoms with Gasteiger partial charge < -0.3 is 4.40 Å². The average molecular weight is 725 g/mol. The number of nitrogens with zero attached hydrogens (tertiary/aromatic N) is 4. The van der Waals surface area contributed by atoms with Crippen molar-refractivity contribution < 1.29 is 0 Å². The van der Waals surface area contributed by atoms with Crippen molar-refractivity contribution >= 4 is 92.5 Å². The van der Waals surface area contributed by atoms with Crippen LogP contribution in [0.15, 0.2) is 158 Å². The lowest BCUT2D eigenvalue weighted by molar-refractivity contribution is 0.660. The lowest BCUT2D eigenvalue weighted by Gasteiger charge is -2.21. The minimum Gasteiger partial charge on any atom is -0.308 e. The zero-order valence-corrected chi connectivity index (χ0v) is 31.3. The molecule has 1 aliphatic rings. The first-order chi connectivity index (χ1) is 28.0. The summed E-state index contributed by atoms with van der Waals surface area (Å²) in [5, 5.41) is 12.4. The number of benzene rings is 9. The summed E-state index contributed by atoms with van der Waals surface area (Å²) in [5.74, 6) is 0.839. The van der Waals surface area contributed by atoms with Gasteiger partial charge in [0.2, 0.25) is 0 Å². The third kappa shape index (κ3) is 3.56. The highest BCUT2D eigenvalue weighted by molar-refractivity contribution is 6.37. The molecule has 4 nitrogen and oxygen atoms in total. The summed E-state index contributed by atoms with van der Waals surface area (Å²) in [5.41, 5.74) is 14.9. The van der Waals surface area contributed by atoms with Gasteiger partial charge in [0.15, 0.2) is 5.82 Å². The summed E-state index contributed by atoms with van der Waals surface area (Å²) in [6.07, 6.45) is 0. The molecule has 264 valence electrons. The minimum atomic E-state index is -0.0916. The van der Waals surface area contributed by atoms with Crippen molar-refractivity contribution in [1.82, 2.24) is 18.9 Å². The quantitative estimate of drug-likeness (QED) is 0.166. The Bertz CT molecular complexity index is 3900. The van der Waals surface area contributed by atoms with E-state index in [0.717, 1.165) is 49.9 Å². The second kappa shape index (κ2) is 10.1. The molecule has 0 spiro atoms. The molecule has 1 aliphatic carbocycles. The fourth-order valence-corrected chi connectivity index (χ4v) is 10.9. The first-order valence-corrected chi connectivity index (χ1v) is 19.8. The van der Waals surface area contributed by atoms with E-state index in [2.05, 4.69) is 181 Å². The molecule has 0 saturated heterocycles. The van der Waals surface area contributed by atoms with Gasteiger partial charge in [-0.1, -0.05) is 135 Å². The van der Waals surface area contributed by atoms with E-state index in [0.29, 0.717) is 0 Å². The molecule has 0 radical (unpaired) electrons. The van der Waals surface area contributed by atoms with E-state index in [1.807, 2.05) is 0 Å². The van der Waals surface area contributed by atoms with Crippen molar-refractivity contribution in [2.45, 2.75) is 19.3 Å². The van der Waals surface area contributed by atoms with Crippen molar-refractivity contribution in [3.63, 3.8) is 0 Å². The van der Waals surface area contributed by atoms with Gasteiger partial charge in [0.05, 0.1) is 38.6 Å². The smallest absolute Gasteiger partial charge is 0.165 e. The molecular formula is C53H32N4. The summed E-state index contributed by atoms with van der Waals surface area (Å²) in [6.45, 7) is 4.68. The van der Waals surface area contributed by atoms with Gasteiger partial charge in [0.25, 0.3) is 0 Å². The summed E-state index contributed by atoms with van der Waals surface area (Å²) in [4.78, 5) is 11.4. The number of para-hydroxylation sites is 1. The Morgan fingerprint density at radius 3 is 2.09 bits per heavy atom. The Kier molecular flexibility index (Phi) is 5.32. The van der Waals surface area contributed by atoms with Crippen LogP contribution in [0.4, 0.5) is 0 Å². The van der Waals surface area contributed by atoms with Crippen molar-refractivity contribution in [2.75, 3.05) is 0 Å². The van der Waals surface area contributed by atoms with Crippen LogP contribution in [0.5, 0.6) is 0 Å². The molecule has 0 N–H and O–H groups in total.